The van der Waals surface area contributed by atoms with Gasteiger partial charge in [-0.05, 0) is 29.7 Å². The van der Waals surface area contributed by atoms with E-state index in [1.54, 1.807) is 12.1 Å². The van der Waals surface area contributed by atoms with E-state index in [0.29, 0.717) is 5.46 Å². The molecule has 0 saturated heterocycles. The molecule has 0 bridgehead atoms. The Balaban J connectivity index is 2.19. The number of nitrogens with one attached hydrogen (secondary N) is 1. The largest absolute Gasteiger partial charge is 0.507 e. The van der Waals surface area contributed by atoms with Crippen molar-refractivity contribution in [3.8, 4) is 17.0 Å². The Kier molecular flexibility index (Phi) is 2.44. The van der Waals surface area contributed by atoms with Gasteiger partial charge in [0.15, 0.2) is 0 Å². The van der Waals surface area contributed by atoms with Gasteiger partial charge in [-0.25, -0.2) is 0 Å². The Morgan fingerprint density at radius 1 is 0.889 bits per heavy atom. The van der Waals surface area contributed by atoms with Crippen LogP contribution >= 0.6 is 0 Å². The fourth-order valence-electron chi connectivity index (χ4n) is 2.07. The van der Waals surface area contributed by atoms with E-state index in [9.17, 15) is 5.11 Å². The Morgan fingerprint density at radius 2 is 1.61 bits per heavy atom. The van der Waals surface area contributed by atoms with Crippen LogP contribution in [0.15, 0.2) is 42.5 Å². The van der Waals surface area contributed by atoms with Crippen LogP contribution in [-0.4, -0.2) is 25.8 Å². The molecule has 2 nitrogen and oxygen atoms in total. The van der Waals surface area contributed by atoms with Crippen molar-refractivity contribution >= 4 is 37.5 Å². The summed E-state index contributed by atoms with van der Waals surface area (Å²) >= 11 is 0. The fraction of sp³-hybridized carbons (Fsp3) is 0. The molecule has 0 atom stereocenters. The number of rotatable bonds is 1. The summed E-state index contributed by atoms with van der Waals surface area (Å²) in [4.78, 5) is 3.24. The highest BCUT2D eigenvalue weighted by molar-refractivity contribution is 6.33. The Hall–Kier alpha value is -2.09. The van der Waals surface area contributed by atoms with Crippen molar-refractivity contribution in [3.63, 3.8) is 0 Å². The van der Waals surface area contributed by atoms with Crippen LogP contribution in [0.5, 0.6) is 5.75 Å². The van der Waals surface area contributed by atoms with Gasteiger partial charge >= 0.3 is 0 Å². The molecule has 0 aliphatic heterocycles. The smallest absolute Gasteiger partial charge is 0.124 e. The van der Waals surface area contributed by atoms with E-state index in [-0.39, 0.29) is 5.75 Å². The summed E-state index contributed by atoms with van der Waals surface area (Å²) in [7, 11) is 11.4. The Morgan fingerprint density at radius 3 is 2.39 bits per heavy atom. The maximum Gasteiger partial charge on any atom is 0.124 e. The van der Waals surface area contributed by atoms with Gasteiger partial charge in [-0.15, -0.1) is 0 Å². The minimum absolute atomic E-state index is 0.162. The van der Waals surface area contributed by atoms with Crippen molar-refractivity contribution < 1.29 is 5.11 Å². The van der Waals surface area contributed by atoms with Gasteiger partial charge in [0.05, 0.1) is 5.69 Å². The van der Waals surface area contributed by atoms with Gasteiger partial charge in [0.25, 0.3) is 0 Å². The highest BCUT2D eigenvalue weighted by Crippen LogP contribution is 2.29. The van der Waals surface area contributed by atoms with Gasteiger partial charge < -0.3 is 10.1 Å². The molecule has 2 N–H and O–H groups in total. The van der Waals surface area contributed by atoms with Gasteiger partial charge in [-0.2, -0.15) is 0 Å². The lowest BCUT2D eigenvalue weighted by molar-refractivity contribution is 0.477. The molecule has 4 heteroatoms. The summed E-state index contributed by atoms with van der Waals surface area (Å²) in [6, 6.07) is 12.7. The molecule has 2 aromatic carbocycles. The number of hydrogen-bond donors (Lipinski definition) is 2. The zero-order valence-electron chi connectivity index (χ0n) is 9.64. The number of fused-ring (bicyclic) bond motifs is 1. The fourth-order valence-corrected chi connectivity index (χ4v) is 2.07. The molecular weight excluding hydrogens is 220 g/mol. The van der Waals surface area contributed by atoms with Crippen molar-refractivity contribution in [2.45, 2.75) is 0 Å². The van der Waals surface area contributed by atoms with Gasteiger partial charge in [0, 0.05) is 11.1 Å². The SMILES string of the molecule is [B]c1ccc(-c2cc3cc([B])ccc3[nH]2)c(O)c1. The number of phenolic OH excluding ortho intramolecular Hbond substituents is 1. The van der Waals surface area contributed by atoms with Crippen LogP contribution in [0.1, 0.15) is 0 Å². The molecule has 0 aliphatic rings. The third-order valence-electron chi connectivity index (χ3n) is 2.96. The van der Waals surface area contributed by atoms with Crippen LogP contribution in [0.4, 0.5) is 0 Å². The topological polar surface area (TPSA) is 36.0 Å². The molecule has 3 aromatic rings. The second-order valence-electron chi connectivity index (χ2n) is 4.31. The van der Waals surface area contributed by atoms with Gasteiger partial charge in [0.1, 0.15) is 21.4 Å². The summed E-state index contributed by atoms with van der Waals surface area (Å²) in [5, 5.41) is 10.9. The second kappa shape index (κ2) is 3.98. The summed E-state index contributed by atoms with van der Waals surface area (Å²) in [5.41, 5.74) is 3.80. The summed E-state index contributed by atoms with van der Waals surface area (Å²) in [5.74, 6) is 0.162. The standard InChI is InChI=1S/C14H9B2NO/c15-9-2-4-12-8(5-9)6-13(17-12)11-3-1-10(16)7-14(11)18/h1-7,17-18H. The molecule has 4 radical (unpaired) electrons. The van der Waals surface area contributed by atoms with Gasteiger partial charge in [-0.1, -0.05) is 29.1 Å². The third-order valence-corrected chi connectivity index (χ3v) is 2.96. The number of phenols is 1. The van der Waals surface area contributed by atoms with Gasteiger partial charge in [0.2, 0.25) is 0 Å². The average molecular weight is 229 g/mol. The predicted molar refractivity (Wildman–Crippen MR) is 76.2 cm³/mol. The normalized spacial score (nSPS) is 10.9. The van der Waals surface area contributed by atoms with Gasteiger partial charge in [-0.3, -0.25) is 0 Å². The summed E-state index contributed by atoms with van der Waals surface area (Å²) < 4.78 is 0. The van der Waals surface area contributed by atoms with E-state index in [0.717, 1.165) is 27.6 Å². The molecule has 1 heterocycles. The van der Waals surface area contributed by atoms with E-state index < -0.39 is 0 Å². The molecule has 0 spiro atoms. The molecule has 0 aliphatic carbocycles. The predicted octanol–water partition coefficient (Wildman–Crippen LogP) is 1.13. The maximum absolute atomic E-state index is 9.90. The number of benzene rings is 2. The van der Waals surface area contributed by atoms with Crippen molar-refractivity contribution in [3.05, 3.63) is 42.5 Å². The van der Waals surface area contributed by atoms with Crippen LogP contribution in [0, 0.1) is 0 Å². The number of aromatic amines is 1. The van der Waals surface area contributed by atoms with Crippen LogP contribution in [0.3, 0.4) is 0 Å². The molecule has 18 heavy (non-hydrogen) atoms. The quantitative estimate of drug-likeness (QED) is 0.602. The second-order valence-corrected chi connectivity index (χ2v) is 4.31. The summed E-state index contributed by atoms with van der Waals surface area (Å²) in [6.07, 6.45) is 0. The molecule has 0 unspecified atom stereocenters. The molecule has 0 amide bonds. The number of aromatic hydroxyl groups is 1. The Labute approximate surface area is 107 Å². The average Bonchev–Trinajstić information content (AvgIpc) is 2.71. The van der Waals surface area contributed by atoms with Crippen molar-refractivity contribution in [1.29, 1.82) is 0 Å². The highest BCUT2D eigenvalue weighted by Gasteiger charge is 2.07. The number of H-pyrrole nitrogens is 1. The van der Waals surface area contributed by atoms with Crippen LogP contribution in [0.2, 0.25) is 0 Å². The van der Waals surface area contributed by atoms with E-state index >= 15 is 0 Å². The molecule has 0 saturated carbocycles. The number of aromatic nitrogens is 1. The molecule has 82 valence electrons. The minimum atomic E-state index is 0.162. The molecule has 3 rings (SSSR count). The monoisotopic (exact) mass is 229 g/mol. The lowest BCUT2D eigenvalue weighted by Gasteiger charge is -2.03. The lowest BCUT2D eigenvalue weighted by Crippen LogP contribution is -2.00. The maximum atomic E-state index is 9.90. The van der Waals surface area contributed by atoms with E-state index in [1.165, 1.54) is 6.07 Å². The first kappa shape index (κ1) is 11.0. The van der Waals surface area contributed by atoms with Crippen molar-refractivity contribution in [2.75, 3.05) is 0 Å². The van der Waals surface area contributed by atoms with E-state index in [2.05, 4.69) is 4.98 Å². The Bertz CT molecular complexity index is 734. The molecule has 1 aromatic heterocycles. The first-order valence-electron chi connectivity index (χ1n) is 5.60. The van der Waals surface area contributed by atoms with Crippen LogP contribution < -0.4 is 10.9 Å². The molecular formula is C14H9B2NO. The summed E-state index contributed by atoms with van der Waals surface area (Å²) in [6.45, 7) is 0. The lowest BCUT2D eigenvalue weighted by atomic mass is 9.94. The zero-order chi connectivity index (χ0) is 12.7. The minimum Gasteiger partial charge on any atom is -0.507 e. The van der Waals surface area contributed by atoms with Crippen LogP contribution in [0.25, 0.3) is 22.2 Å². The zero-order valence-corrected chi connectivity index (χ0v) is 9.64. The third kappa shape index (κ3) is 1.80. The highest BCUT2D eigenvalue weighted by atomic mass is 16.3. The first-order chi connectivity index (χ1) is 8.63. The van der Waals surface area contributed by atoms with Crippen LogP contribution in [-0.2, 0) is 0 Å². The molecule has 0 fully saturated rings. The first-order valence-corrected chi connectivity index (χ1v) is 5.60. The van der Waals surface area contributed by atoms with Crippen molar-refractivity contribution in [2.24, 2.45) is 0 Å². The van der Waals surface area contributed by atoms with E-state index in [4.69, 9.17) is 15.7 Å². The number of hydrogen-bond acceptors (Lipinski definition) is 1. The van der Waals surface area contributed by atoms with Crippen molar-refractivity contribution in [1.82, 2.24) is 4.98 Å². The van der Waals surface area contributed by atoms with E-state index in [1.807, 2.05) is 24.3 Å².